The zero-order valence-electron chi connectivity index (χ0n) is 8.64. The summed E-state index contributed by atoms with van der Waals surface area (Å²) < 4.78 is 0. The van der Waals surface area contributed by atoms with Crippen molar-refractivity contribution in [3.63, 3.8) is 0 Å². The van der Waals surface area contributed by atoms with E-state index in [1.807, 2.05) is 0 Å². The van der Waals surface area contributed by atoms with Crippen LogP contribution in [-0.4, -0.2) is 16.6 Å². The number of carbonyl (C=O) groups is 1. The van der Waals surface area contributed by atoms with Gasteiger partial charge in [-0.1, -0.05) is 0 Å². The average molecular weight is 240 g/mol. The van der Waals surface area contributed by atoms with Gasteiger partial charge in [0.15, 0.2) is 5.78 Å². The molecule has 1 aromatic carbocycles. The molecular weight excluding hydrogens is 230 g/mol. The second kappa shape index (κ2) is 5.42. The molecule has 0 aliphatic carbocycles. The molecule has 0 unspecified atom stereocenters. The first-order valence-electron chi connectivity index (χ1n) is 4.56. The van der Waals surface area contributed by atoms with Gasteiger partial charge in [0, 0.05) is 17.7 Å². The molecule has 0 radical (unpaired) electrons. The number of carbonyl (C=O) groups excluding carboxylic acids is 1. The molecule has 16 heavy (non-hydrogen) atoms. The molecule has 1 aromatic rings. The Morgan fingerprint density at radius 1 is 1.44 bits per heavy atom. The summed E-state index contributed by atoms with van der Waals surface area (Å²) in [5.74, 6) is 0.0279. The number of non-ortho nitro benzene ring substituents is 1. The number of Topliss-reactive ketones (excluding diaryl/α,β-unsaturated/α-hetero) is 1. The fourth-order valence-electron chi connectivity index (χ4n) is 1.13. The summed E-state index contributed by atoms with van der Waals surface area (Å²) in [6.07, 6.45) is 1.62. The molecule has 0 bridgehead atoms. The summed E-state index contributed by atoms with van der Waals surface area (Å²) in [4.78, 5) is 21.0. The third kappa shape index (κ3) is 3.17. The van der Waals surface area contributed by atoms with E-state index < -0.39 is 4.92 Å². The predicted octanol–water partition coefficient (Wildman–Crippen LogP) is 2.81. The molecule has 5 heteroatoms. The van der Waals surface area contributed by atoms with Crippen molar-refractivity contribution in [3.8, 4) is 0 Å². The lowest BCUT2D eigenvalue weighted by Crippen LogP contribution is -1.97. The number of ketones is 1. The topological polar surface area (TPSA) is 60.2 Å². The Hall–Kier alpha value is -1.68. The van der Waals surface area contributed by atoms with Gasteiger partial charge in [0.2, 0.25) is 0 Å². The Balaban J connectivity index is 2.98. The number of hydrogen-bond acceptors (Lipinski definition) is 3. The first kappa shape index (κ1) is 12.4. The molecular formula is C11H10ClNO3. The van der Waals surface area contributed by atoms with Crippen molar-refractivity contribution in [2.45, 2.75) is 6.92 Å². The Bertz CT molecular complexity index is 437. The van der Waals surface area contributed by atoms with Gasteiger partial charge in [0.05, 0.1) is 10.8 Å². The number of rotatable bonds is 4. The summed E-state index contributed by atoms with van der Waals surface area (Å²) in [6, 6.07) is 5.93. The number of nitro groups is 1. The van der Waals surface area contributed by atoms with E-state index in [1.54, 1.807) is 18.2 Å². The number of benzene rings is 1. The van der Waals surface area contributed by atoms with E-state index in [2.05, 4.69) is 0 Å². The monoisotopic (exact) mass is 239 g/mol. The molecule has 0 atom stereocenters. The fraction of sp³-hybridized carbons (Fsp3) is 0.182. The number of nitrogens with zero attached hydrogens (tertiary/aromatic N) is 1. The number of hydrogen-bond donors (Lipinski definition) is 0. The van der Waals surface area contributed by atoms with Crippen molar-refractivity contribution in [2.75, 3.05) is 5.88 Å². The van der Waals surface area contributed by atoms with Crippen molar-refractivity contribution in [1.82, 2.24) is 0 Å². The molecule has 4 nitrogen and oxygen atoms in total. The molecule has 0 fully saturated rings. The van der Waals surface area contributed by atoms with E-state index in [-0.39, 0.29) is 17.4 Å². The van der Waals surface area contributed by atoms with E-state index in [9.17, 15) is 14.9 Å². The third-order valence-corrected chi connectivity index (χ3v) is 2.33. The van der Waals surface area contributed by atoms with Crippen LogP contribution >= 0.6 is 11.6 Å². The quantitative estimate of drug-likeness (QED) is 0.351. The van der Waals surface area contributed by atoms with Gasteiger partial charge in [-0.05, 0) is 30.7 Å². The highest BCUT2D eigenvalue weighted by atomic mass is 35.5. The molecule has 0 spiro atoms. The Morgan fingerprint density at radius 3 is 2.38 bits per heavy atom. The molecule has 0 aromatic heterocycles. The van der Waals surface area contributed by atoms with E-state index in [4.69, 9.17) is 11.6 Å². The van der Waals surface area contributed by atoms with Crippen molar-refractivity contribution in [2.24, 2.45) is 0 Å². The van der Waals surface area contributed by atoms with Crippen LogP contribution in [0.1, 0.15) is 12.5 Å². The zero-order chi connectivity index (χ0) is 12.1. The summed E-state index contributed by atoms with van der Waals surface area (Å²) in [7, 11) is 0. The smallest absolute Gasteiger partial charge is 0.269 e. The minimum atomic E-state index is -0.471. The highest BCUT2D eigenvalue weighted by molar-refractivity contribution is 6.23. The van der Waals surface area contributed by atoms with Crippen LogP contribution in [-0.2, 0) is 4.79 Å². The second-order valence-corrected chi connectivity index (χ2v) is 3.48. The minimum Gasteiger partial charge on any atom is -0.295 e. The molecule has 1 rings (SSSR count). The molecule has 0 aliphatic heterocycles. The summed E-state index contributed by atoms with van der Waals surface area (Å²) in [6.45, 7) is 1.43. The average Bonchev–Trinajstić information content (AvgIpc) is 2.26. The van der Waals surface area contributed by atoms with Crippen molar-refractivity contribution in [1.29, 1.82) is 0 Å². The van der Waals surface area contributed by atoms with Crippen LogP contribution in [0.3, 0.4) is 0 Å². The Labute approximate surface area is 97.7 Å². The second-order valence-electron chi connectivity index (χ2n) is 3.21. The number of halogens is 1. The first-order chi connectivity index (χ1) is 7.54. The Morgan fingerprint density at radius 2 is 2.00 bits per heavy atom. The van der Waals surface area contributed by atoms with Crippen LogP contribution < -0.4 is 0 Å². The predicted molar refractivity (Wildman–Crippen MR) is 62.5 cm³/mol. The molecule has 0 N–H and O–H groups in total. The van der Waals surface area contributed by atoms with Crippen LogP contribution in [0, 0.1) is 10.1 Å². The molecule has 0 saturated heterocycles. The summed E-state index contributed by atoms with van der Waals surface area (Å²) in [5.41, 5.74) is 1.22. The van der Waals surface area contributed by atoms with Gasteiger partial charge < -0.3 is 0 Å². The lowest BCUT2D eigenvalue weighted by molar-refractivity contribution is -0.384. The molecule has 84 valence electrons. The zero-order valence-corrected chi connectivity index (χ0v) is 9.40. The maximum atomic E-state index is 11.1. The summed E-state index contributed by atoms with van der Waals surface area (Å²) >= 11 is 5.60. The van der Waals surface area contributed by atoms with Gasteiger partial charge in [0.25, 0.3) is 5.69 Å². The van der Waals surface area contributed by atoms with Crippen LogP contribution in [0.15, 0.2) is 29.8 Å². The van der Waals surface area contributed by atoms with Gasteiger partial charge in [-0.2, -0.15) is 0 Å². The van der Waals surface area contributed by atoms with Crippen molar-refractivity contribution < 1.29 is 9.72 Å². The minimum absolute atomic E-state index is 0.0207. The van der Waals surface area contributed by atoms with Gasteiger partial charge in [-0.15, -0.1) is 11.6 Å². The van der Waals surface area contributed by atoms with Crippen LogP contribution in [0.25, 0.3) is 6.08 Å². The van der Waals surface area contributed by atoms with Gasteiger partial charge >= 0.3 is 0 Å². The number of alkyl halides is 1. The lowest BCUT2D eigenvalue weighted by Gasteiger charge is -1.98. The highest BCUT2D eigenvalue weighted by Gasteiger charge is 2.05. The first-order valence-corrected chi connectivity index (χ1v) is 5.10. The number of nitro benzene ring substituents is 1. The largest absolute Gasteiger partial charge is 0.295 e. The summed E-state index contributed by atoms with van der Waals surface area (Å²) in [5, 5.41) is 10.4. The van der Waals surface area contributed by atoms with Crippen molar-refractivity contribution >= 4 is 29.1 Å². The van der Waals surface area contributed by atoms with Gasteiger partial charge in [-0.3, -0.25) is 14.9 Å². The van der Waals surface area contributed by atoms with Gasteiger partial charge in [-0.25, -0.2) is 0 Å². The van der Waals surface area contributed by atoms with E-state index >= 15 is 0 Å². The fourth-order valence-corrected chi connectivity index (χ4v) is 1.39. The molecule has 0 heterocycles. The van der Waals surface area contributed by atoms with E-state index in [1.165, 1.54) is 19.1 Å². The third-order valence-electron chi connectivity index (χ3n) is 2.04. The normalized spacial score (nSPS) is 11.2. The lowest BCUT2D eigenvalue weighted by atomic mass is 10.1. The van der Waals surface area contributed by atoms with Crippen LogP contribution in [0.4, 0.5) is 5.69 Å². The van der Waals surface area contributed by atoms with Gasteiger partial charge in [0.1, 0.15) is 0 Å². The van der Waals surface area contributed by atoms with E-state index in [0.29, 0.717) is 5.57 Å². The molecule has 0 amide bonds. The number of allylic oxidation sites excluding steroid dienone is 1. The van der Waals surface area contributed by atoms with Crippen LogP contribution in [0.5, 0.6) is 0 Å². The van der Waals surface area contributed by atoms with Crippen molar-refractivity contribution in [3.05, 3.63) is 45.5 Å². The maximum absolute atomic E-state index is 11.1. The van der Waals surface area contributed by atoms with E-state index in [0.717, 1.165) is 5.56 Å². The SMILES string of the molecule is CC(=O)/C(=C\c1ccc([N+](=O)[O-])cc1)CCl. The maximum Gasteiger partial charge on any atom is 0.269 e. The Kier molecular flexibility index (Phi) is 4.19. The highest BCUT2D eigenvalue weighted by Crippen LogP contribution is 2.15. The standard InChI is InChI=1S/C11H10ClNO3/c1-8(14)10(7-12)6-9-2-4-11(5-3-9)13(15)16/h2-6H,7H2,1H3/b10-6-. The molecule has 0 saturated carbocycles. The van der Waals surface area contributed by atoms with Crippen LogP contribution in [0.2, 0.25) is 0 Å². The molecule has 0 aliphatic rings.